The Morgan fingerprint density at radius 3 is 2.76 bits per heavy atom. The molecule has 25 heavy (non-hydrogen) atoms. The zero-order chi connectivity index (χ0) is 17.8. The highest BCUT2D eigenvalue weighted by molar-refractivity contribution is 5.95. The number of aryl methyl sites for hydroxylation is 1. The van der Waals surface area contributed by atoms with E-state index < -0.39 is 0 Å². The molecule has 0 radical (unpaired) electrons. The van der Waals surface area contributed by atoms with E-state index in [1.165, 1.54) is 0 Å². The summed E-state index contributed by atoms with van der Waals surface area (Å²) < 4.78 is 3.68. The van der Waals surface area contributed by atoms with Gasteiger partial charge in [0, 0.05) is 24.6 Å². The average Bonchev–Trinajstić information content (AvgIpc) is 3.26. The number of amides is 1. The SMILES string of the molecule is CCCn1ncc(C(=O)NC(C)c2ccccc2-n2cccn2)c1C. The van der Waals surface area contributed by atoms with Crippen molar-refractivity contribution in [3.63, 3.8) is 0 Å². The maximum absolute atomic E-state index is 12.7. The largest absolute Gasteiger partial charge is 0.345 e. The summed E-state index contributed by atoms with van der Waals surface area (Å²) in [6.45, 7) is 6.82. The summed E-state index contributed by atoms with van der Waals surface area (Å²) in [7, 11) is 0. The van der Waals surface area contributed by atoms with Crippen LogP contribution in [0, 0.1) is 6.92 Å². The minimum atomic E-state index is -0.151. The molecular weight excluding hydrogens is 314 g/mol. The highest BCUT2D eigenvalue weighted by Gasteiger charge is 2.18. The molecule has 1 amide bonds. The predicted octanol–water partition coefficient (Wildman–Crippen LogP) is 3.28. The van der Waals surface area contributed by atoms with Crippen LogP contribution in [0.25, 0.3) is 5.69 Å². The van der Waals surface area contributed by atoms with Gasteiger partial charge in [-0.25, -0.2) is 4.68 Å². The molecule has 1 N–H and O–H groups in total. The fourth-order valence-electron chi connectivity index (χ4n) is 2.93. The molecule has 0 aliphatic carbocycles. The quantitative estimate of drug-likeness (QED) is 0.751. The van der Waals surface area contributed by atoms with Gasteiger partial charge in [-0.15, -0.1) is 0 Å². The summed E-state index contributed by atoms with van der Waals surface area (Å²) in [4.78, 5) is 12.7. The van der Waals surface area contributed by atoms with Crippen molar-refractivity contribution in [2.45, 2.75) is 39.8 Å². The maximum atomic E-state index is 12.7. The summed E-state index contributed by atoms with van der Waals surface area (Å²) >= 11 is 0. The molecule has 6 heteroatoms. The van der Waals surface area contributed by atoms with Crippen LogP contribution in [0.3, 0.4) is 0 Å². The van der Waals surface area contributed by atoms with E-state index >= 15 is 0 Å². The van der Waals surface area contributed by atoms with E-state index in [0.717, 1.165) is 29.9 Å². The van der Waals surface area contributed by atoms with Gasteiger partial charge in [-0.3, -0.25) is 9.48 Å². The molecule has 1 aromatic carbocycles. The highest BCUT2D eigenvalue weighted by Crippen LogP contribution is 2.21. The number of rotatable bonds is 6. The van der Waals surface area contributed by atoms with Gasteiger partial charge in [0.25, 0.3) is 5.91 Å². The van der Waals surface area contributed by atoms with Crippen molar-refractivity contribution in [1.29, 1.82) is 0 Å². The van der Waals surface area contributed by atoms with Gasteiger partial charge in [0.1, 0.15) is 0 Å². The summed E-state index contributed by atoms with van der Waals surface area (Å²) in [6, 6.07) is 9.67. The molecule has 2 aromatic heterocycles. The standard InChI is InChI=1S/C19H23N5O/c1-4-11-23-15(3)17(13-21-23)19(25)22-14(2)16-8-5-6-9-18(16)24-12-7-10-20-24/h5-10,12-14H,4,11H2,1-3H3,(H,22,25). The van der Waals surface area contributed by atoms with Crippen LogP contribution in [0.4, 0.5) is 0 Å². The van der Waals surface area contributed by atoms with E-state index in [2.05, 4.69) is 22.4 Å². The van der Waals surface area contributed by atoms with Crippen molar-refractivity contribution in [3.05, 3.63) is 65.7 Å². The molecule has 0 spiro atoms. The predicted molar refractivity (Wildman–Crippen MR) is 96.7 cm³/mol. The van der Waals surface area contributed by atoms with E-state index in [1.54, 1.807) is 12.4 Å². The van der Waals surface area contributed by atoms with Crippen molar-refractivity contribution in [2.24, 2.45) is 0 Å². The third-order valence-corrected chi connectivity index (χ3v) is 4.29. The number of carbonyl (C=O) groups is 1. The molecule has 0 saturated carbocycles. The summed E-state index contributed by atoms with van der Waals surface area (Å²) in [5.74, 6) is -0.109. The van der Waals surface area contributed by atoms with Crippen molar-refractivity contribution in [1.82, 2.24) is 24.9 Å². The van der Waals surface area contributed by atoms with E-state index in [1.807, 2.05) is 59.7 Å². The van der Waals surface area contributed by atoms with Crippen molar-refractivity contribution >= 4 is 5.91 Å². The zero-order valence-corrected chi connectivity index (χ0v) is 14.8. The van der Waals surface area contributed by atoms with E-state index in [4.69, 9.17) is 0 Å². The Hall–Kier alpha value is -2.89. The number of hydrogen-bond donors (Lipinski definition) is 1. The second kappa shape index (κ2) is 7.34. The molecule has 0 saturated heterocycles. The second-order valence-corrected chi connectivity index (χ2v) is 6.07. The lowest BCUT2D eigenvalue weighted by molar-refractivity contribution is 0.0939. The second-order valence-electron chi connectivity index (χ2n) is 6.07. The maximum Gasteiger partial charge on any atom is 0.255 e. The minimum Gasteiger partial charge on any atom is -0.345 e. The third kappa shape index (κ3) is 3.47. The number of aromatic nitrogens is 4. The third-order valence-electron chi connectivity index (χ3n) is 4.29. The summed E-state index contributed by atoms with van der Waals surface area (Å²) in [5, 5.41) is 11.7. The minimum absolute atomic E-state index is 0.109. The van der Waals surface area contributed by atoms with Gasteiger partial charge in [-0.2, -0.15) is 10.2 Å². The Balaban J connectivity index is 1.81. The van der Waals surface area contributed by atoms with Gasteiger partial charge < -0.3 is 5.32 Å². The Kier molecular flexibility index (Phi) is 4.97. The van der Waals surface area contributed by atoms with E-state index in [0.29, 0.717) is 5.56 Å². The smallest absolute Gasteiger partial charge is 0.255 e. The molecule has 2 heterocycles. The monoisotopic (exact) mass is 337 g/mol. The number of nitrogens with one attached hydrogen (secondary N) is 1. The molecule has 130 valence electrons. The van der Waals surface area contributed by atoms with Crippen LogP contribution >= 0.6 is 0 Å². The van der Waals surface area contributed by atoms with Gasteiger partial charge in [-0.1, -0.05) is 25.1 Å². The fraction of sp³-hybridized carbons (Fsp3) is 0.316. The van der Waals surface area contributed by atoms with Crippen molar-refractivity contribution in [3.8, 4) is 5.69 Å². The summed E-state index contributed by atoms with van der Waals surface area (Å²) in [5.41, 5.74) is 3.49. The molecule has 0 aliphatic heterocycles. The zero-order valence-electron chi connectivity index (χ0n) is 14.8. The molecule has 1 atom stereocenters. The number of nitrogens with zero attached hydrogens (tertiary/aromatic N) is 4. The first-order valence-corrected chi connectivity index (χ1v) is 8.54. The Morgan fingerprint density at radius 1 is 1.24 bits per heavy atom. The Labute approximate surface area is 147 Å². The molecule has 1 unspecified atom stereocenters. The topological polar surface area (TPSA) is 64.7 Å². The molecule has 0 aliphatic rings. The lowest BCUT2D eigenvalue weighted by Crippen LogP contribution is -2.28. The highest BCUT2D eigenvalue weighted by atomic mass is 16.1. The van der Waals surface area contributed by atoms with Crippen molar-refractivity contribution in [2.75, 3.05) is 0 Å². The number of benzene rings is 1. The van der Waals surface area contributed by atoms with Crippen molar-refractivity contribution < 1.29 is 4.79 Å². The van der Waals surface area contributed by atoms with Gasteiger partial charge in [-0.05, 0) is 38.0 Å². The lowest BCUT2D eigenvalue weighted by Gasteiger charge is -2.18. The first-order chi connectivity index (χ1) is 12.1. The normalized spacial score (nSPS) is 12.1. The van der Waals surface area contributed by atoms with Crippen LogP contribution in [-0.4, -0.2) is 25.5 Å². The number of hydrogen-bond acceptors (Lipinski definition) is 3. The fourth-order valence-corrected chi connectivity index (χ4v) is 2.93. The molecule has 6 nitrogen and oxygen atoms in total. The van der Waals surface area contributed by atoms with Crippen LogP contribution in [-0.2, 0) is 6.54 Å². The Morgan fingerprint density at radius 2 is 2.04 bits per heavy atom. The van der Waals surface area contributed by atoms with Crippen LogP contribution in [0.15, 0.2) is 48.9 Å². The first kappa shape index (κ1) is 17.0. The van der Waals surface area contributed by atoms with Crippen LogP contribution in [0.1, 0.15) is 47.9 Å². The molecule has 0 fully saturated rings. The molecule has 0 bridgehead atoms. The van der Waals surface area contributed by atoms with Gasteiger partial charge in [0.2, 0.25) is 0 Å². The number of carbonyl (C=O) groups excluding carboxylic acids is 1. The van der Waals surface area contributed by atoms with Crippen LogP contribution in [0.5, 0.6) is 0 Å². The van der Waals surface area contributed by atoms with Gasteiger partial charge >= 0.3 is 0 Å². The molecule has 3 aromatic rings. The van der Waals surface area contributed by atoms with Crippen LogP contribution in [0.2, 0.25) is 0 Å². The van der Waals surface area contributed by atoms with Gasteiger partial charge in [0.15, 0.2) is 0 Å². The Bertz CT molecular complexity index is 851. The van der Waals surface area contributed by atoms with Gasteiger partial charge in [0.05, 0.1) is 23.5 Å². The number of para-hydroxylation sites is 1. The van der Waals surface area contributed by atoms with E-state index in [-0.39, 0.29) is 11.9 Å². The first-order valence-electron chi connectivity index (χ1n) is 8.54. The lowest BCUT2D eigenvalue weighted by atomic mass is 10.1. The average molecular weight is 337 g/mol. The van der Waals surface area contributed by atoms with E-state index in [9.17, 15) is 4.79 Å². The van der Waals surface area contributed by atoms with Crippen LogP contribution < -0.4 is 5.32 Å². The molecular formula is C19H23N5O. The summed E-state index contributed by atoms with van der Waals surface area (Å²) in [6.07, 6.45) is 6.27. The molecule has 3 rings (SSSR count).